The number of ether oxygens (including phenoxy) is 1. The van der Waals surface area contributed by atoms with Gasteiger partial charge < -0.3 is 15.4 Å². The van der Waals surface area contributed by atoms with Gasteiger partial charge in [0.1, 0.15) is 10.8 Å². The van der Waals surface area contributed by atoms with Gasteiger partial charge in [0.15, 0.2) is 6.61 Å². The van der Waals surface area contributed by atoms with E-state index in [1.165, 1.54) is 17.4 Å². The van der Waals surface area contributed by atoms with E-state index in [0.29, 0.717) is 17.1 Å². The second-order valence-corrected chi connectivity index (χ2v) is 7.64. The van der Waals surface area contributed by atoms with Gasteiger partial charge in [-0.2, -0.15) is 0 Å². The summed E-state index contributed by atoms with van der Waals surface area (Å²) in [6.07, 6.45) is 3.13. The Labute approximate surface area is 183 Å². The van der Waals surface area contributed by atoms with Crippen LogP contribution in [0, 0.1) is 0 Å². The van der Waals surface area contributed by atoms with Gasteiger partial charge in [-0.15, -0.1) is 11.3 Å². The summed E-state index contributed by atoms with van der Waals surface area (Å²) < 4.78 is 6.61. The first-order valence-corrected chi connectivity index (χ1v) is 10.4. The highest BCUT2D eigenvalue weighted by atomic mass is 32.1. The third-order valence-corrected chi connectivity index (χ3v) is 5.22. The molecule has 0 radical (unpaired) electrons. The third-order valence-electron chi connectivity index (χ3n) is 4.22. The lowest BCUT2D eigenvalue weighted by Crippen LogP contribution is -2.20. The van der Waals surface area contributed by atoms with E-state index in [1.807, 2.05) is 42.5 Å². The summed E-state index contributed by atoms with van der Waals surface area (Å²) in [5, 5.41) is 6.30. The molecule has 7 heteroatoms. The lowest BCUT2D eigenvalue weighted by atomic mass is 10.3. The van der Waals surface area contributed by atoms with Crippen LogP contribution in [0.2, 0.25) is 0 Å². The smallest absolute Gasteiger partial charge is 0.262 e. The normalized spacial score (nSPS) is 10.8. The Bertz CT molecular complexity index is 1200. The molecule has 0 aliphatic carbocycles. The summed E-state index contributed by atoms with van der Waals surface area (Å²) >= 11 is 1.52. The van der Waals surface area contributed by atoms with Crippen molar-refractivity contribution in [2.75, 3.05) is 17.2 Å². The Balaban J connectivity index is 1.31. The largest absolute Gasteiger partial charge is 0.484 e. The number of carbonyl (C=O) groups is 2. The average molecular weight is 430 g/mol. The van der Waals surface area contributed by atoms with Crippen molar-refractivity contribution >= 4 is 50.8 Å². The molecule has 1 heterocycles. The summed E-state index contributed by atoms with van der Waals surface area (Å²) in [6, 6.07) is 23.9. The quantitative estimate of drug-likeness (QED) is 0.407. The molecular formula is C24H19N3O3S. The zero-order valence-corrected chi connectivity index (χ0v) is 17.3. The lowest BCUT2D eigenvalue weighted by molar-refractivity contribution is -0.118. The molecule has 3 aromatic carbocycles. The summed E-state index contributed by atoms with van der Waals surface area (Å²) in [5.74, 6) is -0.0613. The molecule has 0 spiro atoms. The van der Waals surface area contributed by atoms with Gasteiger partial charge in [0.05, 0.1) is 10.2 Å². The maximum Gasteiger partial charge on any atom is 0.262 e. The number of anilines is 2. The molecule has 0 saturated heterocycles. The number of nitrogens with one attached hydrogen (secondary N) is 2. The number of benzene rings is 3. The minimum atomic E-state index is -0.279. The van der Waals surface area contributed by atoms with E-state index < -0.39 is 0 Å². The topological polar surface area (TPSA) is 80.3 Å². The van der Waals surface area contributed by atoms with E-state index in [4.69, 9.17) is 4.74 Å². The molecule has 0 aliphatic rings. The fraction of sp³-hybridized carbons (Fsp3) is 0.0417. The van der Waals surface area contributed by atoms with Gasteiger partial charge >= 0.3 is 0 Å². The maximum atomic E-state index is 12.3. The molecule has 0 fully saturated rings. The molecule has 1 aromatic heterocycles. The first-order valence-electron chi connectivity index (χ1n) is 9.58. The Morgan fingerprint density at radius 3 is 2.52 bits per heavy atom. The van der Waals surface area contributed by atoms with Crippen molar-refractivity contribution in [3.8, 4) is 5.75 Å². The number of para-hydroxylation sites is 2. The monoisotopic (exact) mass is 429 g/mol. The van der Waals surface area contributed by atoms with Crippen molar-refractivity contribution in [3.05, 3.63) is 89.9 Å². The van der Waals surface area contributed by atoms with Crippen molar-refractivity contribution in [1.82, 2.24) is 4.98 Å². The van der Waals surface area contributed by atoms with Gasteiger partial charge in [0.25, 0.3) is 5.91 Å². The Morgan fingerprint density at radius 2 is 1.68 bits per heavy atom. The third kappa shape index (κ3) is 5.77. The minimum absolute atomic E-state index is 0.135. The van der Waals surface area contributed by atoms with Crippen LogP contribution >= 0.6 is 11.3 Å². The number of rotatable bonds is 7. The van der Waals surface area contributed by atoms with Crippen LogP contribution in [0.4, 0.5) is 11.4 Å². The second kappa shape index (κ2) is 9.69. The van der Waals surface area contributed by atoms with Gasteiger partial charge in [0, 0.05) is 23.5 Å². The molecule has 0 saturated carbocycles. The highest BCUT2D eigenvalue weighted by Crippen LogP contribution is 2.22. The Hall–Kier alpha value is -3.97. The predicted octanol–water partition coefficient (Wildman–Crippen LogP) is 4.97. The molecule has 0 bridgehead atoms. The van der Waals surface area contributed by atoms with Gasteiger partial charge in [-0.3, -0.25) is 9.59 Å². The fourth-order valence-electron chi connectivity index (χ4n) is 2.82. The van der Waals surface area contributed by atoms with Crippen LogP contribution in [-0.4, -0.2) is 23.4 Å². The number of carbonyl (C=O) groups excluding carboxylic acids is 2. The van der Waals surface area contributed by atoms with Crippen molar-refractivity contribution in [3.63, 3.8) is 0 Å². The highest BCUT2D eigenvalue weighted by molar-refractivity contribution is 7.19. The van der Waals surface area contributed by atoms with Crippen molar-refractivity contribution in [1.29, 1.82) is 0 Å². The molecule has 154 valence electrons. The highest BCUT2D eigenvalue weighted by Gasteiger charge is 2.06. The van der Waals surface area contributed by atoms with Crippen LogP contribution in [0.3, 0.4) is 0 Å². The number of nitrogens with zero attached hydrogens (tertiary/aromatic N) is 1. The molecule has 0 atom stereocenters. The van der Waals surface area contributed by atoms with E-state index in [9.17, 15) is 9.59 Å². The first kappa shape index (κ1) is 20.3. The van der Waals surface area contributed by atoms with Crippen LogP contribution < -0.4 is 15.4 Å². The molecule has 4 rings (SSSR count). The zero-order chi connectivity index (χ0) is 21.5. The molecule has 4 aromatic rings. The summed E-state index contributed by atoms with van der Waals surface area (Å²) in [7, 11) is 0. The van der Waals surface area contributed by atoms with Crippen LogP contribution in [0.1, 0.15) is 5.01 Å². The second-order valence-electron chi connectivity index (χ2n) is 6.57. The van der Waals surface area contributed by atoms with Crippen molar-refractivity contribution in [2.45, 2.75) is 0 Å². The molecule has 2 amide bonds. The molecule has 31 heavy (non-hydrogen) atoms. The fourth-order valence-corrected chi connectivity index (χ4v) is 3.69. The predicted molar refractivity (Wildman–Crippen MR) is 124 cm³/mol. The number of aromatic nitrogens is 1. The van der Waals surface area contributed by atoms with Crippen molar-refractivity contribution < 1.29 is 14.3 Å². The van der Waals surface area contributed by atoms with Crippen LogP contribution in [0.5, 0.6) is 5.75 Å². The molecule has 2 N–H and O–H groups in total. The molecule has 0 aliphatic heterocycles. The number of fused-ring (bicyclic) bond motifs is 1. The van der Waals surface area contributed by atoms with E-state index >= 15 is 0 Å². The number of hydrogen-bond donors (Lipinski definition) is 2. The van der Waals surface area contributed by atoms with E-state index in [1.54, 1.807) is 42.5 Å². The van der Waals surface area contributed by atoms with Gasteiger partial charge in [-0.1, -0.05) is 36.4 Å². The number of thiazole rings is 1. The van der Waals surface area contributed by atoms with Gasteiger partial charge in [-0.05, 0) is 42.5 Å². The van der Waals surface area contributed by atoms with Gasteiger partial charge in [-0.25, -0.2) is 4.98 Å². The zero-order valence-electron chi connectivity index (χ0n) is 16.4. The van der Waals surface area contributed by atoms with Crippen LogP contribution in [0.25, 0.3) is 16.3 Å². The van der Waals surface area contributed by atoms with E-state index in [-0.39, 0.29) is 18.4 Å². The summed E-state index contributed by atoms with van der Waals surface area (Å²) in [6.45, 7) is -0.135. The van der Waals surface area contributed by atoms with E-state index in [2.05, 4.69) is 15.6 Å². The van der Waals surface area contributed by atoms with Gasteiger partial charge in [0.2, 0.25) is 5.91 Å². The minimum Gasteiger partial charge on any atom is -0.484 e. The van der Waals surface area contributed by atoms with Crippen molar-refractivity contribution in [2.24, 2.45) is 0 Å². The number of hydrogen-bond acceptors (Lipinski definition) is 5. The molecule has 0 unspecified atom stereocenters. The van der Waals surface area contributed by atoms with Crippen LogP contribution in [0.15, 0.2) is 84.9 Å². The summed E-state index contributed by atoms with van der Waals surface area (Å²) in [4.78, 5) is 28.7. The summed E-state index contributed by atoms with van der Waals surface area (Å²) in [5.41, 5.74) is 2.19. The SMILES string of the molecule is O=C(/C=C/c1nc2ccccc2s1)Nc1cccc(OCC(=O)Nc2ccccc2)c1. The Morgan fingerprint density at radius 1 is 0.903 bits per heavy atom. The standard InChI is InChI=1S/C24H19N3O3S/c28-22(13-14-24-27-20-11-4-5-12-21(20)31-24)26-18-9-6-10-19(15-18)30-16-23(29)25-17-7-2-1-3-8-17/h1-15H,16H2,(H,25,29)(H,26,28)/b14-13+. The maximum absolute atomic E-state index is 12.3. The molecular weight excluding hydrogens is 410 g/mol. The average Bonchev–Trinajstić information content (AvgIpc) is 3.20. The van der Waals surface area contributed by atoms with E-state index in [0.717, 1.165) is 15.2 Å². The Kier molecular flexibility index (Phi) is 6.35. The molecule has 6 nitrogen and oxygen atoms in total. The van der Waals surface area contributed by atoms with Crippen LogP contribution in [-0.2, 0) is 9.59 Å². The first-order chi connectivity index (χ1) is 15.2. The number of amides is 2. The lowest BCUT2D eigenvalue weighted by Gasteiger charge is -2.09.